The van der Waals surface area contributed by atoms with Gasteiger partial charge in [-0.15, -0.1) is 0 Å². The Bertz CT molecular complexity index is 794. The van der Waals surface area contributed by atoms with Gasteiger partial charge in [-0.3, -0.25) is 5.10 Å². The fourth-order valence-electron chi connectivity index (χ4n) is 3.24. The quantitative estimate of drug-likeness (QED) is 0.882. The highest BCUT2D eigenvalue weighted by molar-refractivity contribution is 7.88. The van der Waals surface area contributed by atoms with Crippen molar-refractivity contribution in [1.29, 1.82) is 0 Å². The summed E-state index contributed by atoms with van der Waals surface area (Å²) in [7, 11) is -3.10. The van der Waals surface area contributed by atoms with Crippen molar-refractivity contribution < 1.29 is 8.42 Å². The average molecular weight is 371 g/mol. The maximum absolute atomic E-state index is 11.8. The largest absolute Gasteiger partial charge is 0.371 e. The molecule has 1 aromatic carbocycles. The van der Waals surface area contributed by atoms with E-state index in [1.807, 2.05) is 18.3 Å². The van der Waals surface area contributed by atoms with Gasteiger partial charge in [0.05, 0.1) is 18.0 Å². The summed E-state index contributed by atoms with van der Waals surface area (Å²) in [5.41, 5.74) is 2.05. The fourth-order valence-corrected chi connectivity index (χ4v) is 4.37. The lowest BCUT2D eigenvalue weighted by Crippen LogP contribution is -2.35. The summed E-state index contributed by atoms with van der Waals surface area (Å²) in [4.78, 5) is 2.35. The number of hydrogen-bond donors (Lipinski definition) is 1. The van der Waals surface area contributed by atoms with Gasteiger partial charge in [-0.25, -0.2) is 12.7 Å². The molecule has 132 valence electrons. The van der Waals surface area contributed by atoms with Crippen LogP contribution in [-0.4, -0.2) is 55.4 Å². The van der Waals surface area contributed by atoms with Crippen LogP contribution in [0.1, 0.15) is 25.7 Å². The zero-order valence-corrected chi connectivity index (χ0v) is 15.4. The molecule has 0 radical (unpaired) electrons. The summed E-state index contributed by atoms with van der Waals surface area (Å²) < 4.78 is 25.2. The zero-order chi connectivity index (χ0) is 17.2. The highest BCUT2D eigenvalue weighted by Crippen LogP contribution is 2.30. The van der Waals surface area contributed by atoms with Crippen LogP contribution in [-0.2, 0) is 10.0 Å². The second-order valence-electron chi connectivity index (χ2n) is 6.32. The van der Waals surface area contributed by atoms with Crippen LogP contribution in [0.5, 0.6) is 0 Å². The summed E-state index contributed by atoms with van der Waals surface area (Å²) >= 11 is 6.25. The molecule has 0 bridgehead atoms. The van der Waals surface area contributed by atoms with Crippen molar-refractivity contribution in [3.63, 3.8) is 0 Å². The number of rotatable bonds is 2. The number of anilines is 1. The average Bonchev–Trinajstić information content (AvgIpc) is 2.98. The summed E-state index contributed by atoms with van der Waals surface area (Å²) in [5, 5.41) is 8.88. The number of nitrogens with zero attached hydrogens (tertiary/aromatic N) is 3. The molecule has 1 aromatic heterocycles. The Labute approximate surface area is 147 Å². The molecule has 0 spiro atoms. The van der Waals surface area contributed by atoms with Crippen molar-refractivity contribution in [2.75, 3.05) is 37.3 Å². The molecule has 1 aliphatic heterocycles. The first-order chi connectivity index (χ1) is 11.4. The minimum atomic E-state index is -3.10. The maximum atomic E-state index is 11.8. The number of benzene rings is 1. The molecule has 0 unspecified atom stereocenters. The summed E-state index contributed by atoms with van der Waals surface area (Å²) in [6.07, 6.45) is 6.74. The van der Waals surface area contributed by atoms with Gasteiger partial charge < -0.3 is 4.90 Å². The summed E-state index contributed by atoms with van der Waals surface area (Å²) in [6.45, 7) is 2.98. The molecule has 8 heteroatoms. The maximum Gasteiger partial charge on any atom is 0.211 e. The topological polar surface area (TPSA) is 69.3 Å². The van der Waals surface area contributed by atoms with Gasteiger partial charge in [0.15, 0.2) is 0 Å². The summed E-state index contributed by atoms with van der Waals surface area (Å²) in [6, 6.07) is 3.88. The van der Waals surface area contributed by atoms with Crippen molar-refractivity contribution in [2.24, 2.45) is 0 Å². The van der Waals surface area contributed by atoms with Gasteiger partial charge in [-0.1, -0.05) is 11.6 Å². The Morgan fingerprint density at radius 1 is 1.08 bits per heavy atom. The molecule has 0 aliphatic carbocycles. The standard InChI is InChI=1S/C16H23ClN4O2S/c1-24(22,23)21-8-4-2-6-20(7-3-5-9-21)16-11-13(17)10-15-14(16)12-18-19-15/h10-12H,2-9H2,1H3,(H,18,19). The molecule has 0 amide bonds. The van der Waals surface area contributed by atoms with Crippen LogP contribution in [0.4, 0.5) is 5.69 Å². The van der Waals surface area contributed by atoms with Crippen molar-refractivity contribution in [3.8, 4) is 0 Å². The first-order valence-electron chi connectivity index (χ1n) is 8.28. The monoisotopic (exact) mass is 370 g/mol. The van der Waals surface area contributed by atoms with Gasteiger partial charge in [-0.05, 0) is 37.8 Å². The lowest BCUT2D eigenvalue weighted by atomic mass is 10.1. The van der Waals surface area contributed by atoms with E-state index in [1.54, 1.807) is 4.31 Å². The third kappa shape index (κ3) is 4.02. The van der Waals surface area contributed by atoms with E-state index < -0.39 is 10.0 Å². The number of H-pyrrole nitrogens is 1. The zero-order valence-electron chi connectivity index (χ0n) is 13.8. The number of halogens is 1. The second-order valence-corrected chi connectivity index (χ2v) is 8.74. The second kappa shape index (κ2) is 7.29. The minimum absolute atomic E-state index is 0.601. The Balaban J connectivity index is 1.77. The molecule has 1 fully saturated rings. The molecule has 24 heavy (non-hydrogen) atoms. The highest BCUT2D eigenvalue weighted by Gasteiger charge is 2.18. The molecule has 2 aromatic rings. The van der Waals surface area contributed by atoms with E-state index in [1.165, 1.54) is 6.26 Å². The van der Waals surface area contributed by atoms with Gasteiger partial charge >= 0.3 is 0 Å². The molecule has 6 nitrogen and oxygen atoms in total. The lowest BCUT2D eigenvalue weighted by Gasteiger charge is -2.28. The SMILES string of the molecule is CS(=O)(=O)N1CCCCN(c2cc(Cl)cc3[nH]ncc23)CCCC1. The number of hydrogen-bond acceptors (Lipinski definition) is 4. The van der Waals surface area contributed by atoms with Crippen molar-refractivity contribution in [3.05, 3.63) is 23.4 Å². The number of aromatic nitrogens is 2. The van der Waals surface area contributed by atoms with E-state index in [0.29, 0.717) is 18.1 Å². The van der Waals surface area contributed by atoms with Gasteiger partial charge in [0, 0.05) is 42.3 Å². The predicted octanol–water partition coefficient (Wildman–Crippen LogP) is 2.86. The third-order valence-electron chi connectivity index (χ3n) is 4.48. The van der Waals surface area contributed by atoms with E-state index in [2.05, 4.69) is 15.1 Å². The molecule has 1 N–H and O–H groups in total. The van der Waals surface area contributed by atoms with Gasteiger partial charge in [0.1, 0.15) is 0 Å². The van der Waals surface area contributed by atoms with Crippen molar-refractivity contribution in [1.82, 2.24) is 14.5 Å². The molecule has 1 aliphatic rings. The molecule has 0 saturated carbocycles. The van der Waals surface area contributed by atoms with Crippen LogP contribution in [0.25, 0.3) is 10.9 Å². The number of aromatic amines is 1. The Hall–Kier alpha value is -1.31. The van der Waals surface area contributed by atoms with Gasteiger partial charge in [-0.2, -0.15) is 5.10 Å². The van der Waals surface area contributed by atoms with Crippen molar-refractivity contribution in [2.45, 2.75) is 25.7 Å². The van der Waals surface area contributed by atoms with E-state index in [0.717, 1.165) is 55.4 Å². The van der Waals surface area contributed by atoms with Crippen LogP contribution in [0.3, 0.4) is 0 Å². The predicted molar refractivity (Wildman–Crippen MR) is 98.2 cm³/mol. The molecular weight excluding hydrogens is 348 g/mol. The van der Waals surface area contributed by atoms with E-state index >= 15 is 0 Å². The number of sulfonamides is 1. The molecule has 1 saturated heterocycles. The summed E-state index contributed by atoms with van der Waals surface area (Å²) in [5.74, 6) is 0. The molecule has 3 rings (SSSR count). The van der Waals surface area contributed by atoms with Crippen molar-refractivity contribution >= 4 is 38.2 Å². The van der Waals surface area contributed by atoms with Crippen LogP contribution in [0.15, 0.2) is 18.3 Å². The first-order valence-corrected chi connectivity index (χ1v) is 10.5. The van der Waals surface area contributed by atoms with Crippen LogP contribution in [0.2, 0.25) is 5.02 Å². The number of fused-ring (bicyclic) bond motifs is 1. The van der Waals surface area contributed by atoms with Gasteiger partial charge in [0.25, 0.3) is 0 Å². The normalized spacial score (nSPS) is 18.8. The van der Waals surface area contributed by atoms with Crippen LogP contribution < -0.4 is 4.90 Å². The van der Waals surface area contributed by atoms with Crippen LogP contribution in [0, 0.1) is 0 Å². The van der Waals surface area contributed by atoms with E-state index in [4.69, 9.17) is 11.6 Å². The molecule has 0 atom stereocenters. The Kier molecular flexibility index (Phi) is 5.32. The number of nitrogens with one attached hydrogen (secondary N) is 1. The molecular formula is C16H23ClN4O2S. The van der Waals surface area contributed by atoms with E-state index in [9.17, 15) is 8.42 Å². The smallest absolute Gasteiger partial charge is 0.211 e. The lowest BCUT2D eigenvalue weighted by molar-refractivity contribution is 0.386. The highest BCUT2D eigenvalue weighted by atomic mass is 35.5. The first kappa shape index (κ1) is 17.5. The fraction of sp³-hybridized carbons (Fsp3) is 0.562. The minimum Gasteiger partial charge on any atom is -0.371 e. The van der Waals surface area contributed by atoms with Crippen LogP contribution >= 0.6 is 11.6 Å². The molecule has 2 heterocycles. The Morgan fingerprint density at radius 3 is 2.33 bits per heavy atom. The van der Waals surface area contributed by atoms with E-state index in [-0.39, 0.29) is 0 Å². The third-order valence-corrected chi connectivity index (χ3v) is 6.00. The van der Waals surface area contributed by atoms with Gasteiger partial charge in [0.2, 0.25) is 10.0 Å². The Morgan fingerprint density at radius 2 is 1.71 bits per heavy atom.